The first-order valence-corrected chi connectivity index (χ1v) is 13.8. The minimum atomic E-state index is -3.79. The van der Waals surface area contributed by atoms with Gasteiger partial charge in [0.05, 0.1) is 10.8 Å². The van der Waals surface area contributed by atoms with Crippen molar-refractivity contribution in [2.24, 2.45) is 5.92 Å². The molecular formula is C28H32N4O4S. The van der Waals surface area contributed by atoms with Gasteiger partial charge in [-0.1, -0.05) is 60.7 Å². The van der Waals surface area contributed by atoms with Crippen molar-refractivity contribution in [1.82, 2.24) is 15.4 Å². The number of carbonyl (C=O) groups excluding carboxylic acids is 2. The fourth-order valence-corrected chi connectivity index (χ4v) is 5.83. The molecule has 4 rings (SSSR count). The van der Waals surface area contributed by atoms with Crippen LogP contribution in [0.5, 0.6) is 0 Å². The van der Waals surface area contributed by atoms with Gasteiger partial charge in [-0.2, -0.15) is 0 Å². The van der Waals surface area contributed by atoms with E-state index in [0.29, 0.717) is 31.7 Å². The van der Waals surface area contributed by atoms with Crippen LogP contribution in [0.3, 0.4) is 0 Å². The van der Waals surface area contributed by atoms with Crippen LogP contribution in [0.1, 0.15) is 30.4 Å². The van der Waals surface area contributed by atoms with E-state index in [1.54, 1.807) is 12.1 Å². The Labute approximate surface area is 217 Å². The van der Waals surface area contributed by atoms with Gasteiger partial charge >= 0.3 is 0 Å². The Morgan fingerprint density at radius 1 is 0.892 bits per heavy atom. The molecule has 0 bridgehead atoms. The Kier molecular flexibility index (Phi) is 8.70. The Morgan fingerprint density at radius 3 is 2.05 bits per heavy atom. The topological polar surface area (TPSA) is 116 Å². The third-order valence-corrected chi connectivity index (χ3v) is 7.95. The van der Waals surface area contributed by atoms with Crippen molar-refractivity contribution in [3.8, 4) is 0 Å². The molecular weight excluding hydrogens is 488 g/mol. The van der Waals surface area contributed by atoms with E-state index in [2.05, 4.69) is 44.9 Å². The van der Waals surface area contributed by atoms with Crippen LogP contribution in [0.4, 0.5) is 5.69 Å². The third-order valence-electron chi connectivity index (χ3n) is 6.41. The van der Waals surface area contributed by atoms with Gasteiger partial charge < -0.3 is 16.0 Å². The fourth-order valence-electron chi connectivity index (χ4n) is 4.59. The summed E-state index contributed by atoms with van der Waals surface area (Å²) in [6.07, 6.45) is 0.392. The van der Waals surface area contributed by atoms with Crippen molar-refractivity contribution in [2.45, 2.75) is 30.2 Å². The maximum Gasteiger partial charge on any atom is 0.240 e. The SMILES string of the molecule is CC(=O)Nc1ccc(S(=O)(=O)NC2CNCC(C(=O)NCC(c3ccccc3)c3ccccc3)C2)cc1. The van der Waals surface area contributed by atoms with Crippen molar-refractivity contribution in [2.75, 3.05) is 25.0 Å². The van der Waals surface area contributed by atoms with Crippen LogP contribution in [-0.4, -0.2) is 45.9 Å². The van der Waals surface area contributed by atoms with Gasteiger partial charge in [0.2, 0.25) is 21.8 Å². The highest BCUT2D eigenvalue weighted by Gasteiger charge is 2.30. The lowest BCUT2D eigenvalue weighted by atomic mass is 9.90. The lowest BCUT2D eigenvalue weighted by Crippen LogP contribution is -2.52. The quantitative estimate of drug-likeness (QED) is 0.346. The van der Waals surface area contributed by atoms with Crippen molar-refractivity contribution in [1.29, 1.82) is 0 Å². The predicted molar refractivity (Wildman–Crippen MR) is 144 cm³/mol. The lowest BCUT2D eigenvalue weighted by Gasteiger charge is -2.30. The molecule has 1 fully saturated rings. The molecule has 1 heterocycles. The monoisotopic (exact) mass is 520 g/mol. The first-order valence-electron chi connectivity index (χ1n) is 12.3. The first-order chi connectivity index (χ1) is 17.8. The van der Waals surface area contributed by atoms with Gasteiger partial charge in [-0.25, -0.2) is 13.1 Å². The number of anilines is 1. The summed E-state index contributed by atoms with van der Waals surface area (Å²) in [6, 6.07) is 25.7. The zero-order valence-corrected chi connectivity index (χ0v) is 21.5. The molecule has 37 heavy (non-hydrogen) atoms. The number of piperidine rings is 1. The molecule has 8 nitrogen and oxygen atoms in total. The lowest BCUT2D eigenvalue weighted by molar-refractivity contribution is -0.125. The Morgan fingerprint density at radius 2 is 1.49 bits per heavy atom. The summed E-state index contributed by atoms with van der Waals surface area (Å²) >= 11 is 0. The van der Waals surface area contributed by atoms with Gasteiger partial charge in [-0.3, -0.25) is 9.59 Å². The first kappa shape index (κ1) is 26.5. The van der Waals surface area contributed by atoms with Gasteiger partial charge in [0, 0.05) is 44.2 Å². The molecule has 2 amide bonds. The van der Waals surface area contributed by atoms with Crippen LogP contribution in [0.15, 0.2) is 89.8 Å². The average Bonchev–Trinajstić information content (AvgIpc) is 2.90. The molecule has 1 aliphatic rings. The number of nitrogens with one attached hydrogen (secondary N) is 4. The molecule has 1 aliphatic heterocycles. The second-order valence-corrected chi connectivity index (χ2v) is 10.9. The minimum absolute atomic E-state index is 0.0117. The maximum absolute atomic E-state index is 13.1. The number of benzene rings is 3. The third kappa shape index (κ3) is 7.25. The number of rotatable bonds is 9. The minimum Gasteiger partial charge on any atom is -0.355 e. The number of sulfonamides is 1. The summed E-state index contributed by atoms with van der Waals surface area (Å²) in [4.78, 5) is 24.4. The summed E-state index contributed by atoms with van der Waals surface area (Å²) in [7, 11) is -3.79. The molecule has 2 unspecified atom stereocenters. The van der Waals surface area contributed by atoms with E-state index in [0.717, 1.165) is 11.1 Å². The van der Waals surface area contributed by atoms with Crippen LogP contribution in [0.2, 0.25) is 0 Å². The number of hydrogen-bond acceptors (Lipinski definition) is 5. The van der Waals surface area contributed by atoms with Gasteiger partial charge in [0.25, 0.3) is 0 Å². The molecule has 0 radical (unpaired) electrons. The van der Waals surface area contributed by atoms with E-state index >= 15 is 0 Å². The number of hydrogen-bond donors (Lipinski definition) is 4. The Balaban J connectivity index is 1.37. The average molecular weight is 521 g/mol. The Hall–Kier alpha value is -3.53. The van der Waals surface area contributed by atoms with Crippen LogP contribution in [0.25, 0.3) is 0 Å². The molecule has 2 atom stereocenters. The molecule has 9 heteroatoms. The van der Waals surface area contributed by atoms with Gasteiger partial charge in [0.15, 0.2) is 0 Å². The highest BCUT2D eigenvalue weighted by atomic mass is 32.2. The highest BCUT2D eigenvalue weighted by molar-refractivity contribution is 7.89. The van der Waals surface area contributed by atoms with Gasteiger partial charge in [-0.15, -0.1) is 0 Å². The van der Waals surface area contributed by atoms with Crippen molar-refractivity contribution >= 4 is 27.5 Å². The molecule has 0 spiro atoms. The van der Waals surface area contributed by atoms with E-state index < -0.39 is 16.1 Å². The van der Waals surface area contributed by atoms with E-state index in [-0.39, 0.29) is 28.5 Å². The zero-order valence-electron chi connectivity index (χ0n) is 20.7. The van der Waals surface area contributed by atoms with Gasteiger partial charge in [0.1, 0.15) is 0 Å². The summed E-state index contributed by atoms with van der Waals surface area (Å²) in [6.45, 7) is 2.75. The Bertz CT molecular complexity index is 1260. The fraction of sp³-hybridized carbons (Fsp3) is 0.286. The molecule has 4 N–H and O–H groups in total. The van der Waals surface area contributed by atoms with Crippen LogP contribution < -0.4 is 20.7 Å². The molecule has 3 aromatic carbocycles. The molecule has 1 saturated heterocycles. The smallest absolute Gasteiger partial charge is 0.240 e. The van der Waals surface area contributed by atoms with Crippen LogP contribution >= 0.6 is 0 Å². The van der Waals surface area contributed by atoms with Crippen molar-refractivity contribution < 1.29 is 18.0 Å². The summed E-state index contributed by atoms with van der Waals surface area (Å²) < 4.78 is 28.5. The standard InChI is InChI=1S/C28H32N4O4S/c1-20(33)31-24-12-14-26(15-13-24)37(35,36)32-25-16-23(17-29-18-25)28(34)30-19-27(21-8-4-2-5-9-21)22-10-6-3-7-11-22/h2-15,23,25,27,29,32H,16-19H2,1H3,(H,30,34)(H,31,33). The van der Waals surface area contributed by atoms with Crippen molar-refractivity contribution in [3.05, 3.63) is 96.1 Å². The second-order valence-electron chi connectivity index (χ2n) is 9.23. The molecule has 3 aromatic rings. The molecule has 0 aliphatic carbocycles. The second kappa shape index (κ2) is 12.1. The summed E-state index contributed by atoms with van der Waals surface area (Å²) in [5, 5.41) is 8.90. The van der Waals surface area contributed by atoms with Crippen LogP contribution in [0, 0.1) is 5.92 Å². The van der Waals surface area contributed by atoms with E-state index in [1.165, 1.54) is 19.1 Å². The van der Waals surface area contributed by atoms with Crippen LogP contribution in [-0.2, 0) is 19.6 Å². The number of carbonyl (C=O) groups is 2. The predicted octanol–water partition coefficient (Wildman–Crippen LogP) is 2.85. The summed E-state index contributed by atoms with van der Waals surface area (Å²) in [5.41, 5.74) is 2.75. The van der Waals surface area contributed by atoms with E-state index in [4.69, 9.17) is 0 Å². The normalized spacial score (nSPS) is 17.8. The maximum atomic E-state index is 13.1. The zero-order chi connectivity index (χ0) is 26.3. The summed E-state index contributed by atoms with van der Waals surface area (Å²) in [5.74, 6) is -0.688. The van der Waals surface area contributed by atoms with Crippen molar-refractivity contribution in [3.63, 3.8) is 0 Å². The largest absolute Gasteiger partial charge is 0.355 e. The van der Waals surface area contributed by atoms with Gasteiger partial charge in [-0.05, 0) is 41.8 Å². The molecule has 0 saturated carbocycles. The molecule has 194 valence electrons. The van der Waals surface area contributed by atoms with E-state index in [1.807, 2.05) is 36.4 Å². The highest BCUT2D eigenvalue weighted by Crippen LogP contribution is 2.24. The molecule has 0 aromatic heterocycles. The number of amides is 2. The van der Waals surface area contributed by atoms with E-state index in [9.17, 15) is 18.0 Å².